The van der Waals surface area contributed by atoms with Gasteiger partial charge in [0.15, 0.2) is 0 Å². The monoisotopic (exact) mass is 468 g/mol. The van der Waals surface area contributed by atoms with E-state index < -0.39 is 16.4 Å². The van der Waals surface area contributed by atoms with E-state index in [0.29, 0.717) is 24.7 Å². The maximum Gasteiger partial charge on any atom is 0.314 e. The first-order valence-corrected chi connectivity index (χ1v) is 13.5. The Hall–Kier alpha value is -1.42. The highest BCUT2D eigenvalue weighted by atomic mass is 16.6. The highest BCUT2D eigenvalue weighted by Crippen LogP contribution is 2.75. The predicted octanol–water partition coefficient (Wildman–Crippen LogP) is 6.17. The fourth-order valence-corrected chi connectivity index (χ4v) is 9.86. The largest absolute Gasteiger partial charge is 0.458 e. The number of ether oxygens (including phenoxy) is 1. The molecular formula is C30H44O4. The number of Topliss-reactive ketones (excluding diaryl/α,β-unsaturated/α-hetero) is 1. The van der Waals surface area contributed by atoms with Crippen LogP contribution in [0.25, 0.3) is 0 Å². The number of fused-ring (bicyclic) bond motifs is 4. The van der Waals surface area contributed by atoms with Gasteiger partial charge in [-0.2, -0.15) is 0 Å². The Morgan fingerprint density at radius 1 is 1.15 bits per heavy atom. The lowest BCUT2D eigenvalue weighted by Gasteiger charge is -2.63. The number of allylic oxidation sites excluding steroid dienone is 3. The van der Waals surface area contributed by atoms with Gasteiger partial charge < -0.3 is 9.84 Å². The maximum atomic E-state index is 13.8. The van der Waals surface area contributed by atoms with Crippen molar-refractivity contribution in [2.24, 2.45) is 39.4 Å². The fraction of sp³-hybridized carbons (Fsp3) is 0.800. The third kappa shape index (κ3) is 2.81. The molecule has 4 nitrogen and oxygen atoms in total. The molecule has 0 bridgehead atoms. The zero-order chi connectivity index (χ0) is 24.9. The molecule has 0 aromatic carbocycles. The molecule has 0 radical (unpaired) electrons. The lowest BCUT2D eigenvalue weighted by atomic mass is 9.41. The summed E-state index contributed by atoms with van der Waals surface area (Å²) in [7, 11) is 0. The molecule has 0 amide bonds. The Kier molecular flexibility index (Phi) is 5.22. The summed E-state index contributed by atoms with van der Waals surface area (Å²) in [5.74, 6) is 0.517. The van der Waals surface area contributed by atoms with Crippen LogP contribution in [0.2, 0.25) is 0 Å². The lowest BCUT2D eigenvalue weighted by molar-refractivity contribution is -0.163. The van der Waals surface area contributed by atoms with Crippen molar-refractivity contribution in [3.63, 3.8) is 0 Å². The third-order valence-corrected chi connectivity index (χ3v) is 11.6. The van der Waals surface area contributed by atoms with Crippen molar-refractivity contribution in [1.29, 1.82) is 0 Å². The van der Waals surface area contributed by atoms with Crippen LogP contribution in [0.1, 0.15) is 99.3 Å². The van der Waals surface area contributed by atoms with Crippen molar-refractivity contribution in [3.8, 4) is 0 Å². The zero-order valence-corrected chi connectivity index (χ0v) is 22.1. The van der Waals surface area contributed by atoms with Crippen molar-refractivity contribution in [2.75, 3.05) is 0 Å². The van der Waals surface area contributed by atoms with E-state index in [-0.39, 0.29) is 34.6 Å². The summed E-state index contributed by atoms with van der Waals surface area (Å²) in [6.07, 6.45) is 9.50. The Labute approximate surface area is 205 Å². The van der Waals surface area contributed by atoms with E-state index in [9.17, 15) is 14.7 Å². The molecule has 3 saturated carbocycles. The van der Waals surface area contributed by atoms with E-state index in [4.69, 9.17) is 4.74 Å². The quantitative estimate of drug-likeness (QED) is 0.396. The molecule has 0 unspecified atom stereocenters. The summed E-state index contributed by atoms with van der Waals surface area (Å²) < 4.78 is 6.20. The molecule has 34 heavy (non-hydrogen) atoms. The van der Waals surface area contributed by atoms with Gasteiger partial charge >= 0.3 is 5.97 Å². The molecule has 1 heterocycles. The molecule has 8 atom stereocenters. The molecule has 1 N–H and O–H groups in total. The predicted molar refractivity (Wildman–Crippen MR) is 133 cm³/mol. The summed E-state index contributed by atoms with van der Waals surface area (Å²) in [5, 5.41) is 10.8. The van der Waals surface area contributed by atoms with Gasteiger partial charge in [-0.15, -0.1) is 6.58 Å². The van der Waals surface area contributed by atoms with Crippen LogP contribution < -0.4 is 0 Å². The highest BCUT2D eigenvalue weighted by Gasteiger charge is 2.78. The minimum atomic E-state index is -0.725. The number of ketones is 1. The number of rotatable bonds is 4. The number of hydrogen-bond acceptors (Lipinski definition) is 4. The summed E-state index contributed by atoms with van der Waals surface area (Å²) in [6, 6.07) is 0. The van der Waals surface area contributed by atoms with E-state index in [0.717, 1.165) is 50.5 Å². The second-order valence-electron chi connectivity index (χ2n) is 13.8. The van der Waals surface area contributed by atoms with Crippen LogP contribution in [0.5, 0.6) is 0 Å². The van der Waals surface area contributed by atoms with Gasteiger partial charge in [0.25, 0.3) is 0 Å². The second kappa shape index (κ2) is 7.31. The summed E-state index contributed by atoms with van der Waals surface area (Å²) in [6.45, 7) is 17.1. The molecular weight excluding hydrogens is 424 g/mol. The van der Waals surface area contributed by atoms with Gasteiger partial charge in [0.2, 0.25) is 0 Å². The summed E-state index contributed by atoms with van der Waals surface area (Å²) in [5.41, 5.74) is 0.531. The molecule has 188 valence electrons. The summed E-state index contributed by atoms with van der Waals surface area (Å²) in [4.78, 5) is 27.6. The number of aliphatic hydroxyl groups is 1. The Morgan fingerprint density at radius 2 is 1.85 bits per heavy atom. The van der Waals surface area contributed by atoms with E-state index in [1.54, 1.807) is 0 Å². The van der Waals surface area contributed by atoms with Crippen molar-refractivity contribution >= 4 is 11.8 Å². The fourth-order valence-electron chi connectivity index (χ4n) is 9.86. The first-order chi connectivity index (χ1) is 15.7. The minimum Gasteiger partial charge on any atom is -0.458 e. The second-order valence-corrected chi connectivity index (χ2v) is 13.8. The number of hydrogen-bond donors (Lipinski definition) is 1. The van der Waals surface area contributed by atoms with Crippen LogP contribution in [0.4, 0.5) is 0 Å². The number of carbonyl (C=O) groups excluding carboxylic acids is 2. The zero-order valence-electron chi connectivity index (χ0n) is 22.1. The lowest BCUT2D eigenvalue weighted by Crippen LogP contribution is -2.59. The highest BCUT2D eigenvalue weighted by molar-refractivity contribution is 5.99. The summed E-state index contributed by atoms with van der Waals surface area (Å²) >= 11 is 0. The van der Waals surface area contributed by atoms with Crippen LogP contribution in [-0.4, -0.2) is 28.6 Å². The van der Waals surface area contributed by atoms with Crippen molar-refractivity contribution in [1.82, 2.24) is 0 Å². The molecule has 4 aliphatic carbocycles. The first kappa shape index (κ1) is 24.3. The smallest absolute Gasteiger partial charge is 0.314 e. The van der Waals surface area contributed by atoms with Gasteiger partial charge in [0.05, 0.1) is 17.4 Å². The van der Waals surface area contributed by atoms with Crippen LogP contribution in [0.15, 0.2) is 23.8 Å². The van der Waals surface area contributed by atoms with Gasteiger partial charge in [0.1, 0.15) is 11.4 Å². The van der Waals surface area contributed by atoms with Crippen molar-refractivity contribution in [3.05, 3.63) is 23.8 Å². The van der Waals surface area contributed by atoms with Gasteiger partial charge in [-0.05, 0) is 87.9 Å². The van der Waals surface area contributed by atoms with E-state index >= 15 is 0 Å². The number of esters is 1. The molecule has 0 aromatic heterocycles. The van der Waals surface area contributed by atoms with Gasteiger partial charge in [-0.1, -0.05) is 44.9 Å². The average molecular weight is 469 g/mol. The molecule has 5 rings (SSSR count). The van der Waals surface area contributed by atoms with Gasteiger partial charge in [-0.3, -0.25) is 9.59 Å². The maximum absolute atomic E-state index is 13.8. The minimum absolute atomic E-state index is 0.0892. The number of aliphatic hydroxyl groups excluding tert-OH is 1. The number of cyclic esters (lactones) is 1. The SMILES string of the molecule is C=C(C)CCC[C@]1(C)OC(=O)[C@]23CC[C@@H]4C(=CC[C@@H]5C(C)(C)[C@@H](O)CC[C@]45C)[C@]2(C)CC(=O)[C@@H]31. The first-order valence-electron chi connectivity index (χ1n) is 13.5. The molecule has 1 saturated heterocycles. The van der Waals surface area contributed by atoms with Crippen molar-refractivity contribution in [2.45, 2.75) is 111 Å². The van der Waals surface area contributed by atoms with Crippen molar-refractivity contribution < 1.29 is 19.4 Å². The average Bonchev–Trinajstić information content (AvgIpc) is 3.11. The Bertz CT molecular complexity index is 976. The molecule has 4 heteroatoms. The topological polar surface area (TPSA) is 63.6 Å². The van der Waals surface area contributed by atoms with Gasteiger partial charge in [0, 0.05) is 11.8 Å². The molecule has 0 aromatic rings. The molecule has 1 aliphatic heterocycles. The standard InChI is InChI=1S/C30H44O4/c1-18(2)9-8-14-29(7)24-21(31)17-28(6)20-10-11-22-26(3,4)23(32)13-15-27(22,5)19(20)12-16-30(24,28)25(33)34-29/h10,19,22-24,32H,1,8-9,11-17H2,2-7H3/t19-,22-,23+,24-,27-,28+,29+,30-/m1/s1. The van der Waals surface area contributed by atoms with E-state index in [1.807, 2.05) is 13.8 Å². The Morgan fingerprint density at radius 3 is 2.53 bits per heavy atom. The van der Waals surface area contributed by atoms with Crippen LogP contribution in [0.3, 0.4) is 0 Å². The van der Waals surface area contributed by atoms with Crippen LogP contribution in [0, 0.1) is 39.4 Å². The Balaban J connectivity index is 1.55. The molecule has 5 aliphatic rings. The molecule has 1 spiro atoms. The third-order valence-electron chi connectivity index (χ3n) is 11.6. The van der Waals surface area contributed by atoms with E-state index in [2.05, 4.69) is 40.3 Å². The molecule has 4 fully saturated rings. The van der Waals surface area contributed by atoms with E-state index in [1.165, 1.54) is 5.57 Å². The van der Waals surface area contributed by atoms with Crippen LogP contribution >= 0.6 is 0 Å². The normalized spacial score (nSPS) is 48.9. The van der Waals surface area contributed by atoms with Crippen LogP contribution in [-0.2, 0) is 14.3 Å². The van der Waals surface area contributed by atoms with Gasteiger partial charge in [-0.25, -0.2) is 0 Å². The number of carbonyl (C=O) groups is 2.